The van der Waals surface area contributed by atoms with E-state index in [1.807, 2.05) is 24.3 Å². The van der Waals surface area contributed by atoms with Crippen LogP contribution in [0.3, 0.4) is 0 Å². The number of guanidine groups is 1. The average molecular weight is 496 g/mol. The van der Waals surface area contributed by atoms with Crippen LogP contribution >= 0.6 is 24.0 Å². The molecular weight excluding hydrogens is 470 g/mol. The Labute approximate surface area is 182 Å². The van der Waals surface area contributed by atoms with Gasteiger partial charge >= 0.3 is 0 Å². The molecule has 0 heterocycles. The first-order valence-electron chi connectivity index (χ1n) is 9.17. The molecule has 150 valence electrons. The molecule has 1 fully saturated rings. The van der Waals surface area contributed by atoms with Crippen LogP contribution in [0.4, 0.5) is 4.39 Å². The summed E-state index contributed by atoms with van der Waals surface area (Å²) in [6.45, 7) is 1.75. The molecule has 0 unspecified atom stereocenters. The number of amides is 1. The third-order valence-corrected chi connectivity index (χ3v) is 4.85. The summed E-state index contributed by atoms with van der Waals surface area (Å²) in [4.78, 5) is 16.2. The number of carbonyl (C=O) groups is 1. The summed E-state index contributed by atoms with van der Waals surface area (Å²) >= 11 is 0. The Balaban J connectivity index is 0.00000280. The van der Waals surface area contributed by atoms with Crippen LogP contribution in [-0.4, -0.2) is 38.5 Å². The topological polar surface area (TPSA) is 65.5 Å². The van der Waals surface area contributed by atoms with E-state index in [2.05, 4.69) is 20.9 Å². The molecule has 1 aliphatic rings. The van der Waals surface area contributed by atoms with Gasteiger partial charge in [-0.15, -0.1) is 24.0 Å². The van der Waals surface area contributed by atoms with Gasteiger partial charge in [0.05, 0.1) is 0 Å². The van der Waals surface area contributed by atoms with Gasteiger partial charge in [-0.3, -0.25) is 9.79 Å². The molecule has 2 aromatic carbocycles. The number of halogens is 2. The molecule has 0 aliphatic heterocycles. The predicted molar refractivity (Wildman–Crippen MR) is 121 cm³/mol. The highest BCUT2D eigenvalue weighted by Gasteiger charge is 2.44. The first-order valence-corrected chi connectivity index (χ1v) is 9.17. The number of nitrogens with zero attached hydrogens (tertiary/aromatic N) is 1. The lowest BCUT2D eigenvalue weighted by atomic mass is 9.96. The molecule has 0 radical (unpaired) electrons. The zero-order valence-corrected chi connectivity index (χ0v) is 18.2. The summed E-state index contributed by atoms with van der Waals surface area (Å²) in [5.74, 6) is 0.380. The van der Waals surface area contributed by atoms with Crippen LogP contribution in [0.2, 0.25) is 0 Å². The third-order valence-electron chi connectivity index (χ3n) is 4.85. The molecular formula is C21H26FIN4O. The predicted octanol–water partition coefficient (Wildman–Crippen LogP) is 3.07. The lowest BCUT2D eigenvalue weighted by molar-refractivity contribution is 0.0954. The van der Waals surface area contributed by atoms with Crippen molar-refractivity contribution in [3.8, 4) is 0 Å². The molecule has 3 rings (SSSR count). The number of hydrogen-bond donors (Lipinski definition) is 3. The SMILES string of the molecule is CN=C(NCCNC(=O)c1ccccc1)NCC1(c2cccc(F)c2)CC1.I. The van der Waals surface area contributed by atoms with Gasteiger partial charge in [-0.2, -0.15) is 0 Å². The summed E-state index contributed by atoms with van der Waals surface area (Å²) in [5, 5.41) is 9.37. The largest absolute Gasteiger partial charge is 0.356 e. The van der Waals surface area contributed by atoms with E-state index in [0.717, 1.165) is 18.4 Å². The summed E-state index contributed by atoms with van der Waals surface area (Å²) < 4.78 is 13.5. The molecule has 1 saturated carbocycles. The van der Waals surface area contributed by atoms with Crippen molar-refractivity contribution < 1.29 is 9.18 Å². The number of hydrogen-bond acceptors (Lipinski definition) is 2. The van der Waals surface area contributed by atoms with Crippen molar-refractivity contribution in [1.82, 2.24) is 16.0 Å². The molecule has 7 heteroatoms. The second kappa shape index (κ2) is 10.4. The van der Waals surface area contributed by atoms with Crippen molar-refractivity contribution in [1.29, 1.82) is 0 Å². The average Bonchev–Trinajstić information content (AvgIpc) is 3.49. The van der Waals surface area contributed by atoms with Gasteiger partial charge < -0.3 is 16.0 Å². The fourth-order valence-electron chi connectivity index (χ4n) is 3.06. The second-order valence-electron chi connectivity index (χ2n) is 6.77. The molecule has 1 amide bonds. The Morgan fingerprint density at radius 2 is 1.75 bits per heavy atom. The highest BCUT2D eigenvalue weighted by atomic mass is 127. The number of benzene rings is 2. The summed E-state index contributed by atoms with van der Waals surface area (Å²) in [5.41, 5.74) is 1.66. The van der Waals surface area contributed by atoms with Crippen molar-refractivity contribution in [3.05, 3.63) is 71.5 Å². The second-order valence-corrected chi connectivity index (χ2v) is 6.77. The Morgan fingerprint density at radius 1 is 1.04 bits per heavy atom. The maximum Gasteiger partial charge on any atom is 0.251 e. The van der Waals surface area contributed by atoms with E-state index in [1.54, 1.807) is 31.3 Å². The number of carbonyl (C=O) groups excluding carboxylic acids is 1. The van der Waals surface area contributed by atoms with Crippen molar-refractivity contribution in [3.63, 3.8) is 0 Å². The van der Waals surface area contributed by atoms with E-state index >= 15 is 0 Å². The quantitative estimate of drug-likeness (QED) is 0.239. The van der Waals surface area contributed by atoms with Crippen LogP contribution < -0.4 is 16.0 Å². The van der Waals surface area contributed by atoms with Gasteiger partial charge in [0, 0.05) is 37.7 Å². The Kier molecular flexibility index (Phi) is 8.22. The highest BCUT2D eigenvalue weighted by Crippen LogP contribution is 2.47. The maximum atomic E-state index is 13.5. The molecule has 0 atom stereocenters. The van der Waals surface area contributed by atoms with Crippen LogP contribution in [-0.2, 0) is 5.41 Å². The van der Waals surface area contributed by atoms with Gasteiger partial charge in [-0.1, -0.05) is 30.3 Å². The molecule has 5 nitrogen and oxygen atoms in total. The Hall–Kier alpha value is -2.16. The lowest BCUT2D eigenvalue weighted by Gasteiger charge is -2.19. The van der Waals surface area contributed by atoms with Gasteiger partial charge in [-0.25, -0.2) is 4.39 Å². The standard InChI is InChI=1S/C21H25FN4O.HI/c1-23-20(25-13-12-24-19(27)16-6-3-2-4-7-16)26-15-21(10-11-21)17-8-5-9-18(22)14-17;/h2-9,14H,10-13,15H2,1H3,(H,24,27)(H2,23,25,26);1H. The minimum atomic E-state index is -0.199. The van der Waals surface area contributed by atoms with Gasteiger partial charge in [-0.05, 0) is 42.7 Å². The highest BCUT2D eigenvalue weighted by molar-refractivity contribution is 14.0. The minimum Gasteiger partial charge on any atom is -0.356 e. The number of nitrogens with one attached hydrogen (secondary N) is 3. The van der Waals surface area contributed by atoms with Crippen molar-refractivity contribution in [2.75, 3.05) is 26.7 Å². The number of rotatable bonds is 7. The molecule has 0 bridgehead atoms. The van der Waals surface area contributed by atoms with E-state index in [4.69, 9.17) is 0 Å². The molecule has 2 aromatic rings. The lowest BCUT2D eigenvalue weighted by Crippen LogP contribution is -2.44. The van der Waals surface area contributed by atoms with Gasteiger partial charge in [0.1, 0.15) is 5.82 Å². The van der Waals surface area contributed by atoms with E-state index in [0.29, 0.717) is 31.2 Å². The van der Waals surface area contributed by atoms with Crippen molar-refractivity contribution in [2.24, 2.45) is 4.99 Å². The van der Waals surface area contributed by atoms with E-state index in [-0.39, 0.29) is 41.1 Å². The van der Waals surface area contributed by atoms with E-state index in [1.165, 1.54) is 6.07 Å². The van der Waals surface area contributed by atoms with Crippen molar-refractivity contribution in [2.45, 2.75) is 18.3 Å². The molecule has 28 heavy (non-hydrogen) atoms. The Morgan fingerprint density at radius 3 is 2.39 bits per heavy atom. The van der Waals surface area contributed by atoms with Crippen LogP contribution in [0.15, 0.2) is 59.6 Å². The van der Waals surface area contributed by atoms with Gasteiger partial charge in [0.2, 0.25) is 0 Å². The number of aliphatic imine (C=N–C) groups is 1. The normalized spacial score (nSPS) is 14.6. The smallest absolute Gasteiger partial charge is 0.251 e. The van der Waals surface area contributed by atoms with Crippen LogP contribution in [0, 0.1) is 5.82 Å². The fraction of sp³-hybridized carbons (Fsp3) is 0.333. The van der Waals surface area contributed by atoms with Gasteiger partial charge in [0.25, 0.3) is 5.91 Å². The summed E-state index contributed by atoms with van der Waals surface area (Å²) in [6, 6.07) is 15.9. The summed E-state index contributed by atoms with van der Waals surface area (Å²) in [6.07, 6.45) is 2.07. The zero-order valence-electron chi connectivity index (χ0n) is 15.9. The monoisotopic (exact) mass is 496 g/mol. The maximum absolute atomic E-state index is 13.5. The molecule has 3 N–H and O–H groups in total. The molecule has 0 spiro atoms. The van der Waals surface area contributed by atoms with E-state index in [9.17, 15) is 9.18 Å². The summed E-state index contributed by atoms with van der Waals surface area (Å²) in [7, 11) is 1.71. The first kappa shape index (κ1) is 22.1. The van der Waals surface area contributed by atoms with Crippen molar-refractivity contribution >= 4 is 35.8 Å². The molecule has 1 aliphatic carbocycles. The molecule has 0 aromatic heterocycles. The fourth-order valence-corrected chi connectivity index (χ4v) is 3.06. The molecule has 0 saturated heterocycles. The van der Waals surface area contributed by atoms with Gasteiger partial charge in [0.15, 0.2) is 5.96 Å². The Bertz CT molecular complexity index is 809. The third kappa shape index (κ3) is 5.92. The zero-order chi connectivity index (χ0) is 19.1. The first-order chi connectivity index (χ1) is 13.1. The van der Waals surface area contributed by atoms with Crippen LogP contribution in [0.1, 0.15) is 28.8 Å². The van der Waals surface area contributed by atoms with E-state index < -0.39 is 0 Å². The minimum absolute atomic E-state index is 0. The van der Waals surface area contributed by atoms with Crippen LogP contribution in [0.5, 0.6) is 0 Å². The van der Waals surface area contributed by atoms with Crippen LogP contribution in [0.25, 0.3) is 0 Å².